The largest absolute Gasteiger partial charge is 0.490 e. The Morgan fingerprint density at radius 1 is 1.22 bits per heavy atom. The molecule has 0 saturated carbocycles. The molecule has 0 heterocycles. The van der Waals surface area contributed by atoms with Gasteiger partial charge in [0.2, 0.25) is 0 Å². The first-order chi connectivity index (χ1) is 13.0. The number of nitriles is 2. The smallest absolute Gasteiger partial charge is 0.269 e. The van der Waals surface area contributed by atoms with Crippen molar-refractivity contribution in [2.24, 2.45) is 0 Å². The Kier molecular flexibility index (Phi) is 7.15. The number of nitrogens with zero attached hydrogens (tertiary/aromatic N) is 3. The van der Waals surface area contributed by atoms with Crippen LogP contribution in [-0.4, -0.2) is 11.5 Å². The average molecular weight is 475 g/mol. The van der Waals surface area contributed by atoms with Crippen LogP contribution in [0, 0.1) is 36.3 Å². The first-order valence-corrected chi connectivity index (χ1v) is 8.90. The Hall–Kier alpha value is -3.11. The van der Waals surface area contributed by atoms with E-state index >= 15 is 0 Å². The van der Waals surface area contributed by atoms with Crippen LogP contribution in [-0.2, 0) is 6.61 Å². The van der Waals surface area contributed by atoms with Crippen LogP contribution in [0.3, 0.4) is 0 Å². The van der Waals surface area contributed by atoms with Gasteiger partial charge in [-0.3, -0.25) is 10.1 Å². The second-order valence-corrected chi connectivity index (χ2v) is 6.42. The van der Waals surface area contributed by atoms with Crippen molar-refractivity contribution in [3.63, 3.8) is 0 Å². The minimum Gasteiger partial charge on any atom is -0.490 e. The Labute approximate surface area is 169 Å². The molecule has 0 unspecified atom stereocenters. The minimum absolute atomic E-state index is 0.00667. The molecule has 7 nitrogen and oxygen atoms in total. The number of halogens is 1. The standard InChI is InChI=1S/C19H14IN3O4/c1-2-26-18-9-14(7-15(10-21)11-22)8-17(20)19(18)27-12-13-3-5-16(6-4-13)23(24)25/h3-9H,2,12H2,1H3. The summed E-state index contributed by atoms with van der Waals surface area (Å²) in [6, 6.07) is 13.2. The van der Waals surface area contributed by atoms with Crippen molar-refractivity contribution in [3.05, 3.63) is 66.8 Å². The molecule has 0 aliphatic rings. The van der Waals surface area contributed by atoms with E-state index < -0.39 is 4.92 Å². The first kappa shape index (κ1) is 20.2. The highest BCUT2D eigenvalue weighted by Gasteiger charge is 2.13. The summed E-state index contributed by atoms with van der Waals surface area (Å²) < 4.78 is 12.3. The maximum absolute atomic E-state index is 10.7. The summed E-state index contributed by atoms with van der Waals surface area (Å²) in [5, 5.41) is 28.5. The molecular weight excluding hydrogens is 461 g/mol. The monoisotopic (exact) mass is 475 g/mol. The van der Waals surface area contributed by atoms with E-state index in [1.807, 2.05) is 19.1 Å². The lowest BCUT2D eigenvalue weighted by Gasteiger charge is -2.15. The molecule has 27 heavy (non-hydrogen) atoms. The first-order valence-electron chi connectivity index (χ1n) is 7.82. The van der Waals surface area contributed by atoms with Gasteiger partial charge in [0.25, 0.3) is 5.69 Å². The molecule has 0 aliphatic carbocycles. The Bertz CT molecular complexity index is 941. The van der Waals surface area contributed by atoms with Gasteiger partial charge in [-0.05, 0) is 71.0 Å². The van der Waals surface area contributed by atoms with E-state index in [1.54, 1.807) is 24.3 Å². The number of nitro groups is 1. The normalized spacial score (nSPS) is 9.63. The number of allylic oxidation sites excluding steroid dienone is 1. The van der Waals surface area contributed by atoms with Crippen molar-refractivity contribution in [2.75, 3.05) is 6.61 Å². The van der Waals surface area contributed by atoms with Gasteiger partial charge in [0.15, 0.2) is 11.5 Å². The summed E-state index contributed by atoms with van der Waals surface area (Å²) >= 11 is 2.09. The quantitative estimate of drug-likeness (QED) is 0.251. The summed E-state index contributed by atoms with van der Waals surface area (Å²) in [6.07, 6.45) is 1.48. The fourth-order valence-corrected chi connectivity index (χ4v) is 2.98. The maximum Gasteiger partial charge on any atom is 0.269 e. The van der Waals surface area contributed by atoms with Gasteiger partial charge in [-0.2, -0.15) is 10.5 Å². The van der Waals surface area contributed by atoms with Crippen molar-refractivity contribution in [1.29, 1.82) is 10.5 Å². The topological polar surface area (TPSA) is 109 Å². The Balaban J connectivity index is 2.27. The van der Waals surface area contributed by atoms with Crippen molar-refractivity contribution < 1.29 is 14.4 Å². The molecule has 0 atom stereocenters. The highest BCUT2D eigenvalue weighted by atomic mass is 127. The van der Waals surface area contributed by atoms with E-state index in [2.05, 4.69) is 22.6 Å². The molecule has 2 aromatic carbocycles. The zero-order chi connectivity index (χ0) is 19.8. The van der Waals surface area contributed by atoms with Gasteiger partial charge in [-0.15, -0.1) is 0 Å². The van der Waals surface area contributed by atoms with E-state index in [9.17, 15) is 10.1 Å². The second kappa shape index (κ2) is 9.55. The van der Waals surface area contributed by atoms with E-state index in [0.29, 0.717) is 23.7 Å². The van der Waals surface area contributed by atoms with Crippen molar-refractivity contribution in [2.45, 2.75) is 13.5 Å². The van der Waals surface area contributed by atoms with Gasteiger partial charge in [0.1, 0.15) is 24.3 Å². The third-order valence-corrected chi connectivity index (χ3v) is 4.22. The van der Waals surface area contributed by atoms with E-state index in [-0.39, 0.29) is 17.9 Å². The Morgan fingerprint density at radius 3 is 2.44 bits per heavy atom. The van der Waals surface area contributed by atoms with Gasteiger partial charge >= 0.3 is 0 Å². The SMILES string of the molecule is CCOc1cc(C=C(C#N)C#N)cc(I)c1OCc1ccc([N+](=O)[O-])cc1. The van der Waals surface area contributed by atoms with E-state index in [0.717, 1.165) is 9.13 Å². The predicted octanol–water partition coefficient (Wildman–Crippen LogP) is 4.61. The lowest BCUT2D eigenvalue weighted by Crippen LogP contribution is -2.02. The lowest BCUT2D eigenvalue weighted by atomic mass is 10.1. The third-order valence-electron chi connectivity index (χ3n) is 3.41. The maximum atomic E-state index is 10.7. The summed E-state index contributed by atoms with van der Waals surface area (Å²) in [7, 11) is 0. The van der Waals surface area contributed by atoms with Crippen LogP contribution >= 0.6 is 22.6 Å². The second-order valence-electron chi connectivity index (χ2n) is 5.26. The predicted molar refractivity (Wildman–Crippen MR) is 107 cm³/mol. The van der Waals surface area contributed by atoms with Crippen LogP contribution in [0.1, 0.15) is 18.1 Å². The molecule has 2 rings (SSSR count). The molecule has 0 aliphatic heterocycles. The van der Waals surface area contributed by atoms with Crippen LogP contribution in [0.4, 0.5) is 5.69 Å². The van der Waals surface area contributed by atoms with Gasteiger partial charge < -0.3 is 9.47 Å². The Morgan fingerprint density at radius 2 is 1.89 bits per heavy atom. The van der Waals surface area contributed by atoms with Crippen LogP contribution in [0.5, 0.6) is 11.5 Å². The molecule has 0 bridgehead atoms. The van der Waals surface area contributed by atoms with E-state index in [4.69, 9.17) is 20.0 Å². The van der Waals surface area contributed by atoms with Crippen LogP contribution in [0.2, 0.25) is 0 Å². The number of hydrogen-bond donors (Lipinski definition) is 0. The summed E-state index contributed by atoms with van der Waals surface area (Å²) in [5.74, 6) is 1.02. The molecule has 0 aromatic heterocycles. The van der Waals surface area contributed by atoms with Gasteiger partial charge in [-0.1, -0.05) is 0 Å². The van der Waals surface area contributed by atoms with Crippen LogP contribution in [0.25, 0.3) is 6.08 Å². The number of rotatable bonds is 7. The fourth-order valence-electron chi connectivity index (χ4n) is 2.20. The molecule has 0 fully saturated rings. The number of nitro benzene ring substituents is 1. The van der Waals surface area contributed by atoms with Crippen LogP contribution in [0.15, 0.2) is 42.0 Å². The molecule has 136 valence electrons. The van der Waals surface area contributed by atoms with Crippen molar-refractivity contribution in [1.82, 2.24) is 0 Å². The average Bonchev–Trinajstić information content (AvgIpc) is 2.66. The van der Waals surface area contributed by atoms with Crippen molar-refractivity contribution in [3.8, 4) is 23.6 Å². The van der Waals surface area contributed by atoms with Gasteiger partial charge in [0.05, 0.1) is 15.1 Å². The highest BCUT2D eigenvalue weighted by Crippen LogP contribution is 2.35. The van der Waals surface area contributed by atoms with Gasteiger partial charge in [0, 0.05) is 12.1 Å². The molecule has 0 radical (unpaired) electrons. The zero-order valence-corrected chi connectivity index (χ0v) is 16.5. The molecule has 0 spiro atoms. The summed E-state index contributed by atoms with van der Waals surface area (Å²) in [4.78, 5) is 10.3. The molecule has 0 saturated heterocycles. The minimum atomic E-state index is -0.455. The molecule has 8 heteroatoms. The fraction of sp³-hybridized carbons (Fsp3) is 0.158. The molecular formula is C19H14IN3O4. The number of non-ortho nitro benzene ring substituents is 1. The van der Waals surface area contributed by atoms with E-state index in [1.165, 1.54) is 18.2 Å². The summed E-state index contributed by atoms with van der Waals surface area (Å²) in [5.41, 5.74) is 1.45. The van der Waals surface area contributed by atoms with Gasteiger partial charge in [-0.25, -0.2) is 0 Å². The number of ether oxygens (including phenoxy) is 2. The van der Waals surface area contributed by atoms with Crippen LogP contribution < -0.4 is 9.47 Å². The molecule has 0 N–H and O–H groups in total. The summed E-state index contributed by atoms with van der Waals surface area (Å²) in [6.45, 7) is 2.47. The van der Waals surface area contributed by atoms with Crippen molar-refractivity contribution >= 4 is 34.4 Å². The highest BCUT2D eigenvalue weighted by molar-refractivity contribution is 14.1. The third kappa shape index (κ3) is 5.43. The number of hydrogen-bond acceptors (Lipinski definition) is 6. The molecule has 2 aromatic rings. The number of benzene rings is 2. The lowest BCUT2D eigenvalue weighted by molar-refractivity contribution is -0.384. The zero-order valence-electron chi connectivity index (χ0n) is 14.3. The molecule has 0 amide bonds.